The van der Waals surface area contributed by atoms with Crippen LogP contribution >= 0.6 is 22.6 Å². The third-order valence-corrected chi connectivity index (χ3v) is 9.83. The highest BCUT2D eigenvalue weighted by molar-refractivity contribution is 14.1. The van der Waals surface area contributed by atoms with Crippen LogP contribution in [0.1, 0.15) is 38.8 Å². The normalized spacial score (nSPS) is 14.0. The summed E-state index contributed by atoms with van der Waals surface area (Å²) >= 11 is 2.31. The predicted octanol–water partition coefficient (Wildman–Crippen LogP) is 5.49. The van der Waals surface area contributed by atoms with E-state index in [4.69, 9.17) is 4.43 Å². The fraction of sp³-hybridized carbons (Fsp3) is 0.500. The molecule has 2 rings (SSSR count). The highest BCUT2D eigenvalue weighted by Gasteiger charge is 2.37. The van der Waals surface area contributed by atoms with Gasteiger partial charge in [-0.15, -0.1) is 0 Å². The van der Waals surface area contributed by atoms with Gasteiger partial charge < -0.3 is 4.43 Å². The van der Waals surface area contributed by atoms with E-state index in [1.807, 2.05) is 6.20 Å². The third kappa shape index (κ3) is 4.90. The summed E-state index contributed by atoms with van der Waals surface area (Å²) in [5.41, 5.74) is 1.28. The van der Waals surface area contributed by atoms with E-state index in [2.05, 4.69) is 103 Å². The standard InChI is InChI=1S/C18H27IN2OSi/c1-18(2,3)23(4,5)22-12-11-17(15-9-7-6-8-10-15)21-14-16(19)13-20-21/h6-10,13-14,17H,11-12H2,1-5H3. The molecule has 1 heterocycles. The van der Waals surface area contributed by atoms with Crippen molar-refractivity contribution in [3.05, 3.63) is 51.9 Å². The Morgan fingerprint density at radius 1 is 1.22 bits per heavy atom. The number of nitrogens with zero attached hydrogens (tertiary/aromatic N) is 2. The zero-order valence-corrected chi connectivity index (χ0v) is 17.9. The Labute approximate surface area is 154 Å². The summed E-state index contributed by atoms with van der Waals surface area (Å²) in [6.45, 7) is 12.2. The van der Waals surface area contributed by atoms with Crippen molar-refractivity contribution >= 4 is 30.9 Å². The van der Waals surface area contributed by atoms with Gasteiger partial charge in [-0.25, -0.2) is 0 Å². The second-order valence-corrected chi connectivity index (χ2v) is 13.5. The summed E-state index contributed by atoms with van der Waals surface area (Å²) in [5.74, 6) is 0. The molecule has 0 saturated carbocycles. The molecule has 0 N–H and O–H groups in total. The van der Waals surface area contributed by atoms with Crippen LogP contribution in [0.2, 0.25) is 18.1 Å². The van der Waals surface area contributed by atoms with Crippen LogP contribution in [0, 0.1) is 3.57 Å². The molecule has 0 amide bonds. The van der Waals surface area contributed by atoms with Gasteiger partial charge in [-0.3, -0.25) is 4.68 Å². The molecule has 0 spiro atoms. The van der Waals surface area contributed by atoms with Crippen molar-refractivity contribution in [2.45, 2.75) is 51.4 Å². The second-order valence-electron chi connectivity index (χ2n) is 7.46. The maximum absolute atomic E-state index is 6.37. The van der Waals surface area contributed by atoms with Gasteiger partial charge in [0.15, 0.2) is 8.32 Å². The lowest BCUT2D eigenvalue weighted by Crippen LogP contribution is -2.41. The summed E-state index contributed by atoms with van der Waals surface area (Å²) in [6, 6.07) is 10.8. The van der Waals surface area contributed by atoms with E-state index in [-0.39, 0.29) is 11.1 Å². The molecule has 0 fully saturated rings. The Morgan fingerprint density at radius 2 is 1.87 bits per heavy atom. The van der Waals surface area contributed by atoms with Crippen LogP contribution in [0.15, 0.2) is 42.7 Å². The molecule has 0 aliphatic rings. The average molecular weight is 442 g/mol. The maximum atomic E-state index is 6.37. The molecule has 0 saturated heterocycles. The number of halogens is 1. The molecule has 1 unspecified atom stereocenters. The first-order chi connectivity index (χ1) is 10.7. The Kier molecular flexibility index (Phi) is 6.08. The molecule has 0 radical (unpaired) electrons. The van der Waals surface area contributed by atoms with E-state index in [0.29, 0.717) is 0 Å². The predicted molar refractivity (Wildman–Crippen MR) is 107 cm³/mol. The fourth-order valence-electron chi connectivity index (χ4n) is 2.25. The lowest BCUT2D eigenvalue weighted by Gasteiger charge is -2.36. The number of benzene rings is 1. The van der Waals surface area contributed by atoms with E-state index in [1.165, 1.54) is 5.56 Å². The number of hydrogen-bond donors (Lipinski definition) is 0. The van der Waals surface area contributed by atoms with E-state index < -0.39 is 8.32 Å². The van der Waals surface area contributed by atoms with Gasteiger partial charge in [-0.2, -0.15) is 5.10 Å². The summed E-state index contributed by atoms with van der Waals surface area (Å²) in [7, 11) is -1.70. The summed E-state index contributed by atoms with van der Waals surface area (Å²) in [4.78, 5) is 0. The highest BCUT2D eigenvalue weighted by atomic mass is 127. The zero-order valence-electron chi connectivity index (χ0n) is 14.7. The van der Waals surface area contributed by atoms with E-state index >= 15 is 0 Å². The fourth-order valence-corrected chi connectivity index (χ4v) is 3.73. The van der Waals surface area contributed by atoms with Gasteiger partial charge in [0.2, 0.25) is 0 Å². The van der Waals surface area contributed by atoms with Crippen molar-refractivity contribution in [3.63, 3.8) is 0 Å². The topological polar surface area (TPSA) is 27.1 Å². The minimum atomic E-state index is -1.70. The highest BCUT2D eigenvalue weighted by Crippen LogP contribution is 2.37. The summed E-state index contributed by atoms with van der Waals surface area (Å²) in [6.07, 6.45) is 4.95. The van der Waals surface area contributed by atoms with Crippen molar-refractivity contribution in [3.8, 4) is 0 Å². The molecule has 2 aromatic rings. The number of aromatic nitrogens is 2. The van der Waals surface area contributed by atoms with E-state index in [0.717, 1.165) is 16.6 Å². The van der Waals surface area contributed by atoms with Crippen LogP contribution in [0.5, 0.6) is 0 Å². The van der Waals surface area contributed by atoms with Crippen LogP contribution in [0.4, 0.5) is 0 Å². The summed E-state index contributed by atoms with van der Waals surface area (Å²) < 4.78 is 9.59. The Balaban J connectivity index is 2.11. The zero-order chi connectivity index (χ0) is 17.1. The molecule has 0 aliphatic carbocycles. The van der Waals surface area contributed by atoms with Gasteiger partial charge in [0, 0.05) is 12.8 Å². The molecule has 3 nitrogen and oxygen atoms in total. The summed E-state index contributed by atoms with van der Waals surface area (Å²) in [5, 5.41) is 4.77. The maximum Gasteiger partial charge on any atom is 0.191 e. The van der Waals surface area contributed by atoms with Gasteiger partial charge in [-0.1, -0.05) is 51.1 Å². The van der Waals surface area contributed by atoms with Gasteiger partial charge >= 0.3 is 0 Å². The van der Waals surface area contributed by atoms with E-state index in [9.17, 15) is 0 Å². The molecule has 23 heavy (non-hydrogen) atoms. The molecule has 126 valence electrons. The smallest absolute Gasteiger partial charge is 0.191 e. The molecule has 0 bridgehead atoms. The van der Waals surface area contributed by atoms with Crippen LogP contribution in [-0.2, 0) is 4.43 Å². The van der Waals surface area contributed by atoms with Crippen molar-refractivity contribution in [1.82, 2.24) is 9.78 Å². The number of rotatable bonds is 6. The van der Waals surface area contributed by atoms with Crippen molar-refractivity contribution < 1.29 is 4.43 Å². The quantitative estimate of drug-likeness (QED) is 0.437. The second kappa shape index (κ2) is 7.48. The first-order valence-corrected chi connectivity index (χ1v) is 12.1. The minimum Gasteiger partial charge on any atom is -0.417 e. The Bertz CT molecular complexity index is 619. The van der Waals surface area contributed by atoms with Gasteiger partial charge in [-0.05, 0) is 52.7 Å². The third-order valence-electron chi connectivity index (χ3n) is 4.73. The van der Waals surface area contributed by atoms with Gasteiger partial charge in [0.1, 0.15) is 0 Å². The largest absolute Gasteiger partial charge is 0.417 e. The monoisotopic (exact) mass is 442 g/mol. The Hall–Kier alpha value is -0.663. The van der Waals surface area contributed by atoms with E-state index in [1.54, 1.807) is 0 Å². The van der Waals surface area contributed by atoms with Crippen molar-refractivity contribution in [2.24, 2.45) is 0 Å². The first kappa shape index (κ1) is 18.7. The molecule has 1 aromatic carbocycles. The van der Waals surface area contributed by atoms with Crippen LogP contribution < -0.4 is 0 Å². The van der Waals surface area contributed by atoms with Crippen LogP contribution in [-0.4, -0.2) is 24.7 Å². The Morgan fingerprint density at radius 3 is 2.39 bits per heavy atom. The average Bonchev–Trinajstić information content (AvgIpc) is 2.89. The van der Waals surface area contributed by atoms with Crippen LogP contribution in [0.3, 0.4) is 0 Å². The first-order valence-electron chi connectivity index (χ1n) is 8.09. The molecular formula is C18H27IN2OSi. The molecule has 1 atom stereocenters. The van der Waals surface area contributed by atoms with Gasteiger partial charge in [0.05, 0.1) is 15.8 Å². The van der Waals surface area contributed by atoms with Crippen LogP contribution in [0.25, 0.3) is 0 Å². The SMILES string of the molecule is CC(C)(C)[Si](C)(C)OCCC(c1ccccc1)n1cc(I)cn1. The molecular weight excluding hydrogens is 415 g/mol. The van der Waals surface area contributed by atoms with Crippen molar-refractivity contribution in [1.29, 1.82) is 0 Å². The number of hydrogen-bond acceptors (Lipinski definition) is 2. The lowest BCUT2D eigenvalue weighted by molar-refractivity contribution is 0.261. The van der Waals surface area contributed by atoms with Gasteiger partial charge in [0.25, 0.3) is 0 Å². The lowest BCUT2D eigenvalue weighted by atomic mass is 10.0. The molecule has 5 heteroatoms. The molecule has 0 aliphatic heterocycles. The minimum absolute atomic E-state index is 0.226. The van der Waals surface area contributed by atoms with Crippen molar-refractivity contribution in [2.75, 3.05) is 6.61 Å². The molecule has 1 aromatic heterocycles.